The van der Waals surface area contributed by atoms with Crippen LogP contribution in [0.5, 0.6) is 0 Å². The van der Waals surface area contributed by atoms with Crippen LogP contribution in [0.1, 0.15) is 46.7 Å². The van der Waals surface area contributed by atoms with Crippen molar-refractivity contribution in [2.24, 2.45) is 0 Å². The van der Waals surface area contributed by atoms with Gasteiger partial charge in [0.2, 0.25) is 5.95 Å². The third kappa shape index (κ3) is 5.17. The first-order valence-electron chi connectivity index (χ1n) is 12.7. The van der Waals surface area contributed by atoms with Crippen molar-refractivity contribution < 1.29 is 9.18 Å². The maximum absolute atomic E-state index is 13.5. The molecule has 1 N–H and O–H groups in total. The minimum atomic E-state index is -0.548. The van der Waals surface area contributed by atoms with Crippen LogP contribution in [0.3, 0.4) is 0 Å². The van der Waals surface area contributed by atoms with Crippen molar-refractivity contribution in [3.63, 3.8) is 0 Å². The molecule has 0 atom stereocenters. The van der Waals surface area contributed by atoms with Crippen molar-refractivity contribution in [3.05, 3.63) is 106 Å². The van der Waals surface area contributed by atoms with Crippen molar-refractivity contribution in [2.45, 2.75) is 38.3 Å². The zero-order chi connectivity index (χ0) is 25.4. The molecule has 0 saturated heterocycles. The largest absolute Gasteiger partial charge is 0.333 e. The van der Waals surface area contributed by atoms with E-state index in [0.717, 1.165) is 53.2 Å². The first kappa shape index (κ1) is 23.9. The van der Waals surface area contributed by atoms with Crippen LogP contribution in [0.15, 0.2) is 66.9 Å². The Morgan fingerprint density at radius 3 is 2.76 bits per heavy atom. The third-order valence-electron chi connectivity index (χ3n) is 7.28. The number of carbonyl (C=O) groups is 1. The van der Waals surface area contributed by atoms with Crippen LogP contribution in [0.2, 0.25) is 5.02 Å². The van der Waals surface area contributed by atoms with E-state index in [1.807, 2.05) is 28.8 Å². The molecular formula is C30H28ClFN4O. The van der Waals surface area contributed by atoms with Gasteiger partial charge in [-0.3, -0.25) is 9.47 Å². The van der Waals surface area contributed by atoms with Gasteiger partial charge in [0.1, 0.15) is 0 Å². The van der Waals surface area contributed by atoms with E-state index in [1.165, 1.54) is 36.2 Å². The van der Waals surface area contributed by atoms with Crippen LogP contribution in [0, 0.1) is 5.95 Å². The minimum absolute atomic E-state index is 0.182. The van der Waals surface area contributed by atoms with Gasteiger partial charge in [0, 0.05) is 54.9 Å². The molecule has 0 spiro atoms. The number of hydrogen-bond donors (Lipinski definition) is 1. The van der Waals surface area contributed by atoms with Gasteiger partial charge in [-0.25, -0.2) is 9.78 Å². The van der Waals surface area contributed by atoms with E-state index >= 15 is 0 Å². The number of nitrogens with one attached hydrogen (secondary N) is 1. The second kappa shape index (κ2) is 10.1. The number of fused-ring (bicyclic) bond motifs is 3. The standard InChI is InChI=1S/C30H28ClFN4O/c31-24-8-3-20(4-9-24)2-1-14-35-15-12-28-26(19-35)25-17-23(22-5-6-22)7-10-27(25)36(28)30(37)34-18-21-11-13-33-29(32)16-21/h1-4,7-11,13,16-17,22H,5-6,12,14-15,18-19H2,(H,34,37). The Bertz CT molecular complexity index is 1490. The fourth-order valence-corrected chi connectivity index (χ4v) is 5.34. The summed E-state index contributed by atoms with van der Waals surface area (Å²) < 4.78 is 15.3. The Labute approximate surface area is 220 Å². The molecule has 0 radical (unpaired) electrons. The van der Waals surface area contributed by atoms with Crippen LogP contribution in [0.4, 0.5) is 9.18 Å². The Balaban J connectivity index is 1.26. The first-order valence-corrected chi connectivity index (χ1v) is 13.1. The lowest BCUT2D eigenvalue weighted by Crippen LogP contribution is -2.34. The van der Waals surface area contributed by atoms with E-state index in [1.54, 1.807) is 6.07 Å². The van der Waals surface area contributed by atoms with Gasteiger partial charge in [0.25, 0.3) is 0 Å². The van der Waals surface area contributed by atoms with Crippen LogP contribution >= 0.6 is 11.6 Å². The highest BCUT2D eigenvalue weighted by Gasteiger charge is 2.29. The molecule has 6 rings (SSSR count). The molecule has 1 aliphatic heterocycles. The van der Waals surface area contributed by atoms with Crippen molar-refractivity contribution in [3.8, 4) is 0 Å². The molecule has 3 heterocycles. The Morgan fingerprint density at radius 2 is 1.97 bits per heavy atom. The summed E-state index contributed by atoms with van der Waals surface area (Å²) in [7, 11) is 0. The summed E-state index contributed by atoms with van der Waals surface area (Å²) in [6.07, 6.45) is 8.98. The van der Waals surface area contributed by atoms with E-state index in [0.29, 0.717) is 11.5 Å². The summed E-state index contributed by atoms with van der Waals surface area (Å²) in [5, 5.41) is 4.88. The van der Waals surface area contributed by atoms with Crippen LogP contribution in [-0.4, -0.2) is 33.6 Å². The average molecular weight is 515 g/mol. The van der Waals surface area contributed by atoms with Gasteiger partial charge in [-0.2, -0.15) is 4.39 Å². The molecule has 1 aliphatic carbocycles. The predicted molar refractivity (Wildman–Crippen MR) is 145 cm³/mol. The van der Waals surface area contributed by atoms with E-state index in [4.69, 9.17) is 11.6 Å². The summed E-state index contributed by atoms with van der Waals surface area (Å²) in [6, 6.07) is 17.3. The number of hydrogen-bond acceptors (Lipinski definition) is 3. The molecule has 188 valence electrons. The molecule has 37 heavy (non-hydrogen) atoms. The molecule has 2 aromatic heterocycles. The molecule has 2 aromatic carbocycles. The predicted octanol–water partition coefficient (Wildman–Crippen LogP) is 6.54. The lowest BCUT2D eigenvalue weighted by Gasteiger charge is -2.27. The number of aromatic nitrogens is 2. The van der Waals surface area contributed by atoms with Gasteiger partial charge in [-0.15, -0.1) is 0 Å². The van der Waals surface area contributed by atoms with E-state index < -0.39 is 5.95 Å². The average Bonchev–Trinajstić information content (AvgIpc) is 3.71. The molecule has 1 fully saturated rings. The molecule has 2 aliphatic rings. The highest BCUT2D eigenvalue weighted by atomic mass is 35.5. The van der Waals surface area contributed by atoms with Gasteiger partial charge in [-0.05, 0) is 77.4 Å². The summed E-state index contributed by atoms with van der Waals surface area (Å²) in [5.41, 5.74) is 6.40. The number of halogens is 2. The van der Waals surface area contributed by atoms with Crippen LogP contribution < -0.4 is 5.32 Å². The topological polar surface area (TPSA) is 50.2 Å². The fraction of sp³-hybridized carbons (Fsp3) is 0.267. The Hall–Kier alpha value is -3.48. The molecule has 0 bridgehead atoms. The fourth-order valence-electron chi connectivity index (χ4n) is 5.21. The van der Waals surface area contributed by atoms with Crippen molar-refractivity contribution in [1.82, 2.24) is 19.8 Å². The molecule has 5 nitrogen and oxygen atoms in total. The molecule has 4 aromatic rings. The normalized spacial score (nSPS) is 15.8. The second-order valence-electron chi connectivity index (χ2n) is 9.90. The summed E-state index contributed by atoms with van der Waals surface area (Å²) in [5.74, 6) is 0.0918. The van der Waals surface area contributed by atoms with E-state index in [-0.39, 0.29) is 12.6 Å². The maximum atomic E-state index is 13.5. The quantitative estimate of drug-likeness (QED) is 0.297. The van der Waals surface area contributed by atoms with Gasteiger partial charge in [0.15, 0.2) is 0 Å². The van der Waals surface area contributed by atoms with Gasteiger partial charge in [0.05, 0.1) is 5.52 Å². The molecule has 1 amide bonds. The second-order valence-corrected chi connectivity index (χ2v) is 10.3. The van der Waals surface area contributed by atoms with Crippen LogP contribution in [-0.2, 0) is 19.5 Å². The van der Waals surface area contributed by atoms with E-state index in [9.17, 15) is 9.18 Å². The summed E-state index contributed by atoms with van der Waals surface area (Å²) in [6.45, 7) is 2.73. The smallest absolute Gasteiger partial charge is 0.326 e. The number of benzene rings is 2. The minimum Gasteiger partial charge on any atom is -0.333 e. The number of pyridine rings is 1. The number of nitrogens with zero attached hydrogens (tertiary/aromatic N) is 3. The SMILES string of the molecule is O=C(NCc1ccnc(F)c1)n1c2c(c3cc(C4CC4)ccc31)CN(CC=Cc1ccc(Cl)cc1)CC2. The van der Waals surface area contributed by atoms with Crippen molar-refractivity contribution in [1.29, 1.82) is 0 Å². The number of rotatable bonds is 6. The highest BCUT2D eigenvalue weighted by Crippen LogP contribution is 2.42. The zero-order valence-corrected chi connectivity index (χ0v) is 21.2. The van der Waals surface area contributed by atoms with Gasteiger partial charge < -0.3 is 5.32 Å². The van der Waals surface area contributed by atoms with E-state index in [2.05, 4.69) is 45.6 Å². The molecule has 1 saturated carbocycles. The molecular weight excluding hydrogens is 487 g/mol. The van der Waals surface area contributed by atoms with Gasteiger partial charge in [-0.1, -0.05) is 42.0 Å². The first-order chi connectivity index (χ1) is 18.0. The zero-order valence-electron chi connectivity index (χ0n) is 20.5. The lowest BCUT2D eigenvalue weighted by molar-refractivity contribution is 0.240. The van der Waals surface area contributed by atoms with Gasteiger partial charge >= 0.3 is 6.03 Å². The van der Waals surface area contributed by atoms with Crippen molar-refractivity contribution in [2.75, 3.05) is 13.1 Å². The van der Waals surface area contributed by atoms with Crippen LogP contribution in [0.25, 0.3) is 17.0 Å². The third-order valence-corrected chi connectivity index (χ3v) is 7.53. The highest BCUT2D eigenvalue weighted by molar-refractivity contribution is 6.30. The molecule has 7 heteroatoms. The maximum Gasteiger partial charge on any atom is 0.326 e. The number of amides is 1. The monoisotopic (exact) mass is 514 g/mol. The Morgan fingerprint density at radius 1 is 1.14 bits per heavy atom. The summed E-state index contributed by atoms with van der Waals surface area (Å²) >= 11 is 6.00. The lowest BCUT2D eigenvalue weighted by atomic mass is 10.0. The summed E-state index contributed by atoms with van der Waals surface area (Å²) in [4.78, 5) is 19.4. The van der Waals surface area contributed by atoms with Crippen molar-refractivity contribution >= 4 is 34.6 Å². The Kier molecular flexibility index (Phi) is 6.53. The number of carbonyl (C=O) groups excluding carboxylic acids is 1. The molecule has 0 unspecified atom stereocenters.